The van der Waals surface area contributed by atoms with Crippen LogP contribution in [0.15, 0.2) is 0 Å². The molecule has 0 aromatic rings. The van der Waals surface area contributed by atoms with Crippen molar-refractivity contribution in [1.82, 2.24) is 0 Å². The Bertz CT molecular complexity index is 249. The molecule has 21 heavy (non-hydrogen) atoms. The van der Waals surface area contributed by atoms with Crippen LogP contribution in [-0.4, -0.2) is 54.6 Å². The molecule has 0 radical (unpaired) electrons. The number of ether oxygens (including phenoxy) is 3. The number of unbranched alkanes of at least 4 members (excludes halogenated alkanes) is 4. The Morgan fingerprint density at radius 3 is 2.19 bits per heavy atom. The van der Waals surface area contributed by atoms with Gasteiger partial charge in [0.25, 0.3) is 0 Å². The summed E-state index contributed by atoms with van der Waals surface area (Å²) in [6, 6.07) is 0. The third-order valence-electron chi connectivity index (χ3n) is 3.82. The molecular formula is C16H32O5. The molecule has 1 fully saturated rings. The van der Waals surface area contributed by atoms with Crippen molar-refractivity contribution >= 4 is 0 Å². The maximum atomic E-state index is 10.1. The monoisotopic (exact) mass is 304 g/mol. The second kappa shape index (κ2) is 11.4. The van der Waals surface area contributed by atoms with E-state index in [0.717, 1.165) is 38.5 Å². The first-order chi connectivity index (χ1) is 10.2. The molecule has 1 aliphatic rings. The molecule has 0 aliphatic carbocycles. The van der Waals surface area contributed by atoms with Crippen molar-refractivity contribution in [2.45, 2.75) is 83.4 Å². The zero-order valence-electron chi connectivity index (χ0n) is 13.5. The normalized spacial score (nSPS) is 29.7. The molecule has 2 N–H and O–H groups in total. The van der Waals surface area contributed by atoms with Crippen LogP contribution in [0.3, 0.4) is 0 Å². The van der Waals surface area contributed by atoms with Crippen LogP contribution < -0.4 is 0 Å². The summed E-state index contributed by atoms with van der Waals surface area (Å²) in [6.45, 7) is 5.36. The van der Waals surface area contributed by atoms with Gasteiger partial charge >= 0.3 is 0 Å². The molecular weight excluding hydrogens is 272 g/mol. The van der Waals surface area contributed by atoms with Crippen LogP contribution in [0.2, 0.25) is 0 Å². The predicted octanol–water partition coefficient (Wildman–Crippen LogP) is 2.24. The molecule has 1 aliphatic heterocycles. The van der Waals surface area contributed by atoms with Crippen LogP contribution in [0, 0.1) is 0 Å². The van der Waals surface area contributed by atoms with Gasteiger partial charge in [-0.25, -0.2) is 0 Å². The van der Waals surface area contributed by atoms with E-state index in [-0.39, 0.29) is 12.7 Å². The molecule has 1 unspecified atom stereocenters. The van der Waals surface area contributed by atoms with Gasteiger partial charge in [-0.05, 0) is 12.8 Å². The molecule has 4 atom stereocenters. The molecule has 126 valence electrons. The lowest BCUT2D eigenvalue weighted by Gasteiger charge is -2.38. The summed E-state index contributed by atoms with van der Waals surface area (Å²) in [4.78, 5) is 0. The summed E-state index contributed by atoms with van der Waals surface area (Å²) in [5.74, 6) is 0. The molecule has 0 saturated carbocycles. The van der Waals surface area contributed by atoms with Crippen molar-refractivity contribution in [2.24, 2.45) is 0 Å². The molecule has 0 spiro atoms. The molecule has 0 aromatic heterocycles. The SMILES string of the molecule is CCCCCOC1C[C@H](OCCCCC)[C@@H](O)[C@@H](CO)O1. The third-order valence-corrected chi connectivity index (χ3v) is 3.82. The lowest BCUT2D eigenvalue weighted by atomic mass is 10.0. The fourth-order valence-electron chi connectivity index (χ4n) is 2.48. The number of hydrogen-bond donors (Lipinski definition) is 2. The quantitative estimate of drug-likeness (QED) is 0.573. The van der Waals surface area contributed by atoms with E-state index in [1.807, 2.05) is 0 Å². The van der Waals surface area contributed by atoms with E-state index >= 15 is 0 Å². The molecule has 5 nitrogen and oxygen atoms in total. The van der Waals surface area contributed by atoms with Crippen molar-refractivity contribution < 1.29 is 24.4 Å². The maximum Gasteiger partial charge on any atom is 0.160 e. The summed E-state index contributed by atoms with van der Waals surface area (Å²) in [5, 5.41) is 19.5. The van der Waals surface area contributed by atoms with Gasteiger partial charge in [0.1, 0.15) is 12.2 Å². The van der Waals surface area contributed by atoms with Crippen LogP contribution in [0.5, 0.6) is 0 Å². The first-order valence-corrected chi connectivity index (χ1v) is 8.40. The third kappa shape index (κ3) is 7.06. The van der Waals surface area contributed by atoms with Crippen molar-refractivity contribution in [3.63, 3.8) is 0 Å². The van der Waals surface area contributed by atoms with E-state index in [9.17, 15) is 10.2 Å². The number of rotatable bonds is 11. The van der Waals surface area contributed by atoms with E-state index in [1.165, 1.54) is 0 Å². The fourth-order valence-corrected chi connectivity index (χ4v) is 2.48. The highest BCUT2D eigenvalue weighted by Crippen LogP contribution is 2.24. The van der Waals surface area contributed by atoms with Crippen molar-refractivity contribution in [3.05, 3.63) is 0 Å². The molecule has 0 amide bonds. The average molecular weight is 304 g/mol. The largest absolute Gasteiger partial charge is 0.394 e. The van der Waals surface area contributed by atoms with E-state index in [0.29, 0.717) is 19.6 Å². The van der Waals surface area contributed by atoms with E-state index in [4.69, 9.17) is 14.2 Å². The highest BCUT2D eigenvalue weighted by molar-refractivity contribution is 4.83. The second-order valence-electron chi connectivity index (χ2n) is 5.71. The van der Waals surface area contributed by atoms with Gasteiger partial charge in [0, 0.05) is 19.6 Å². The lowest BCUT2D eigenvalue weighted by molar-refractivity contribution is -0.264. The van der Waals surface area contributed by atoms with Crippen molar-refractivity contribution in [2.75, 3.05) is 19.8 Å². The minimum atomic E-state index is -0.785. The van der Waals surface area contributed by atoms with Gasteiger partial charge in [0.2, 0.25) is 0 Å². The summed E-state index contributed by atoms with van der Waals surface area (Å²) in [7, 11) is 0. The summed E-state index contributed by atoms with van der Waals surface area (Å²) >= 11 is 0. The topological polar surface area (TPSA) is 68.2 Å². The Morgan fingerprint density at radius 1 is 1.00 bits per heavy atom. The molecule has 5 heteroatoms. The van der Waals surface area contributed by atoms with Crippen LogP contribution >= 0.6 is 0 Å². The molecule has 1 saturated heterocycles. The van der Waals surface area contributed by atoms with Crippen molar-refractivity contribution in [3.8, 4) is 0 Å². The minimum Gasteiger partial charge on any atom is -0.394 e. The minimum absolute atomic E-state index is 0.217. The van der Waals surface area contributed by atoms with Gasteiger partial charge in [0.15, 0.2) is 6.29 Å². The van der Waals surface area contributed by atoms with Crippen LogP contribution in [-0.2, 0) is 14.2 Å². The first kappa shape index (κ1) is 18.8. The Kier molecular flexibility index (Phi) is 10.2. The van der Waals surface area contributed by atoms with Gasteiger partial charge in [-0.1, -0.05) is 39.5 Å². The van der Waals surface area contributed by atoms with Crippen LogP contribution in [0.1, 0.15) is 58.8 Å². The second-order valence-corrected chi connectivity index (χ2v) is 5.71. The van der Waals surface area contributed by atoms with E-state index in [2.05, 4.69) is 13.8 Å². The molecule has 1 heterocycles. The Morgan fingerprint density at radius 2 is 1.62 bits per heavy atom. The number of hydrogen-bond acceptors (Lipinski definition) is 5. The standard InChI is InChI=1S/C16H32O5/c1-3-5-7-9-19-13-11-15(20-10-8-6-4-2)21-14(12-17)16(13)18/h13-18H,3-12H2,1-2H3/t13-,14+,15?,16+/m0/s1. The van der Waals surface area contributed by atoms with Gasteiger partial charge in [-0.3, -0.25) is 0 Å². The van der Waals surface area contributed by atoms with Gasteiger partial charge < -0.3 is 24.4 Å². The smallest absolute Gasteiger partial charge is 0.160 e. The Balaban J connectivity index is 2.36. The highest BCUT2D eigenvalue weighted by Gasteiger charge is 2.38. The number of aliphatic hydroxyl groups is 2. The summed E-state index contributed by atoms with van der Waals surface area (Å²) < 4.78 is 17.0. The number of aliphatic hydroxyl groups excluding tert-OH is 2. The summed E-state index contributed by atoms with van der Waals surface area (Å²) in [5.41, 5.74) is 0. The average Bonchev–Trinajstić information content (AvgIpc) is 2.50. The lowest BCUT2D eigenvalue weighted by Crippen LogP contribution is -2.51. The Hall–Kier alpha value is -0.200. The van der Waals surface area contributed by atoms with Crippen LogP contribution in [0.4, 0.5) is 0 Å². The van der Waals surface area contributed by atoms with Gasteiger partial charge in [-0.15, -0.1) is 0 Å². The van der Waals surface area contributed by atoms with Gasteiger partial charge in [0.05, 0.1) is 12.7 Å². The maximum absolute atomic E-state index is 10.1. The molecule has 0 aromatic carbocycles. The zero-order valence-corrected chi connectivity index (χ0v) is 13.5. The van der Waals surface area contributed by atoms with Crippen LogP contribution in [0.25, 0.3) is 0 Å². The fraction of sp³-hybridized carbons (Fsp3) is 1.00. The molecule has 0 bridgehead atoms. The highest BCUT2D eigenvalue weighted by atomic mass is 16.7. The first-order valence-electron chi connectivity index (χ1n) is 8.40. The summed E-state index contributed by atoms with van der Waals surface area (Å²) in [6.07, 6.45) is 4.96. The van der Waals surface area contributed by atoms with E-state index in [1.54, 1.807) is 0 Å². The van der Waals surface area contributed by atoms with Crippen molar-refractivity contribution in [1.29, 1.82) is 0 Å². The molecule has 1 rings (SSSR count). The Labute approximate surface area is 128 Å². The predicted molar refractivity (Wildman–Crippen MR) is 81.1 cm³/mol. The zero-order chi connectivity index (χ0) is 15.5. The van der Waals surface area contributed by atoms with Gasteiger partial charge in [-0.2, -0.15) is 0 Å². The van der Waals surface area contributed by atoms with E-state index < -0.39 is 18.5 Å².